The van der Waals surface area contributed by atoms with Gasteiger partial charge in [0.15, 0.2) is 0 Å². The predicted molar refractivity (Wildman–Crippen MR) is 98.9 cm³/mol. The van der Waals surface area contributed by atoms with Crippen molar-refractivity contribution in [3.05, 3.63) is 65.7 Å². The Morgan fingerprint density at radius 3 is 2.28 bits per heavy atom. The van der Waals surface area contributed by atoms with Crippen LogP contribution in [0.4, 0.5) is 5.69 Å². The SMILES string of the molecule is CN1CCCN(C(=O)c2ccc(NC(=O)c3ccccc3)cc2)CC1. The Bertz CT molecular complexity index is 728. The fraction of sp³-hybridized carbons (Fsp3) is 0.300. The molecule has 3 rings (SSSR count). The van der Waals surface area contributed by atoms with Crippen LogP contribution in [0.3, 0.4) is 0 Å². The van der Waals surface area contributed by atoms with Gasteiger partial charge in [0.25, 0.3) is 11.8 Å². The molecule has 1 aliphatic heterocycles. The number of hydrogen-bond acceptors (Lipinski definition) is 3. The van der Waals surface area contributed by atoms with Gasteiger partial charge in [-0.1, -0.05) is 18.2 Å². The van der Waals surface area contributed by atoms with Gasteiger partial charge in [-0.05, 0) is 56.4 Å². The number of nitrogens with one attached hydrogen (secondary N) is 1. The van der Waals surface area contributed by atoms with Crippen molar-refractivity contribution in [3.63, 3.8) is 0 Å². The summed E-state index contributed by atoms with van der Waals surface area (Å²) >= 11 is 0. The van der Waals surface area contributed by atoms with Crippen molar-refractivity contribution in [1.82, 2.24) is 9.80 Å². The topological polar surface area (TPSA) is 52.6 Å². The van der Waals surface area contributed by atoms with E-state index in [-0.39, 0.29) is 11.8 Å². The van der Waals surface area contributed by atoms with Crippen LogP contribution in [0.15, 0.2) is 54.6 Å². The summed E-state index contributed by atoms with van der Waals surface area (Å²) in [6.45, 7) is 3.46. The lowest BCUT2D eigenvalue weighted by atomic mass is 10.1. The molecular weight excluding hydrogens is 314 g/mol. The second-order valence-electron chi connectivity index (χ2n) is 6.35. The van der Waals surface area contributed by atoms with Crippen molar-refractivity contribution in [2.24, 2.45) is 0 Å². The molecule has 0 aliphatic carbocycles. The van der Waals surface area contributed by atoms with Crippen LogP contribution in [0.2, 0.25) is 0 Å². The first-order chi connectivity index (χ1) is 12.1. The Hall–Kier alpha value is -2.66. The maximum Gasteiger partial charge on any atom is 0.255 e. The van der Waals surface area contributed by atoms with E-state index >= 15 is 0 Å². The van der Waals surface area contributed by atoms with Crippen LogP contribution < -0.4 is 5.32 Å². The van der Waals surface area contributed by atoms with Crippen LogP contribution >= 0.6 is 0 Å². The standard InChI is InChI=1S/C20H23N3O2/c1-22-12-5-13-23(15-14-22)20(25)17-8-10-18(11-9-17)21-19(24)16-6-3-2-4-7-16/h2-4,6-11H,5,12-15H2,1H3,(H,21,24). The van der Waals surface area contributed by atoms with E-state index in [0.717, 1.165) is 32.6 Å². The van der Waals surface area contributed by atoms with Gasteiger partial charge in [0.2, 0.25) is 0 Å². The summed E-state index contributed by atoms with van der Waals surface area (Å²) < 4.78 is 0. The van der Waals surface area contributed by atoms with E-state index in [1.807, 2.05) is 23.1 Å². The van der Waals surface area contributed by atoms with Gasteiger partial charge in [0, 0.05) is 36.4 Å². The summed E-state index contributed by atoms with van der Waals surface area (Å²) in [5.74, 6) is -0.105. The van der Waals surface area contributed by atoms with Gasteiger partial charge in [0.05, 0.1) is 0 Å². The monoisotopic (exact) mass is 337 g/mol. The average Bonchev–Trinajstić information content (AvgIpc) is 2.87. The molecule has 0 spiro atoms. The highest BCUT2D eigenvalue weighted by Crippen LogP contribution is 2.14. The number of carbonyl (C=O) groups excluding carboxylic acids is 2. The zero-order valence-corrected chi connectivity index (χ0v) is 14.4. The van der Waals surface area contributed by atoms with E-state index in [1.54, 1.807) is 36.4 Å². The molecule has 5 heteroatoms. The molecule has 130 valence electrons. The summed E-state index contributed by atoms with van der Waals surface area (Å²) in [6.07, 6.45) is 0.994. The van der Waals surface area contributed by atoms with Gasteiger partial charge in [-0.15, -0.1) is 0 Å². The van der Waals surface area contributed by atoms with Gasteiger partial charge < -0.3 is 15.1 Å². The molecular formula is C20H23N3O2. The van der Waals surface area contributed by atoms with Crippen molar-refractivity contribution in [2.75, 3.05) is 38.5 Å². The Morgan fingerprint density at radius 1 is 0.840 bits per heavy atom. The Kier molecular flexibility index (Phi) is 5.46. The number of rotatable bonds is 3. The van der Waals surface area contributed by atoms with E-state index in [2.05, 4.69) is 17.3 Å². The molecule has 2 amide bonds. The molecule has 25 heavy (non-hydrogen) atoms. The minimum absolute atomic E-state index is 0.0521. The lowest BCUT2D eigenvalue weighted by Gasteiger charge is -2.20. The van der Waals surface area contributed by atoms with Crippen molar-refractivity contribution in [1.29, 1.82) is 0 Å². The van der Waals surface area contributed by atoms with Gasteiger partial charge in [-0.3, -0.25) is 9.59 Å². The van der Waals surface area contributed by atoms with E-state index < -0.39 is 0 Å². The molecule has 2 aromatic carbocycles. The smallest absolute Gasteiger partial charge is 0.255 e. The number of benzene rings is 2. The van der Waals surface area contributed by atoms with E-state index in [4.69, 9.17) is 0 Å². The third-order valence-electron chi connectivity index (χ3n) is 4.43. The van der Waals surface area contributed by atoms with Crippen molar-refractivity contribution < 1.29 is 9.59 Å². The highest BCUT2D eigenvalue weighted by molar-refractivity contribution is 6.04. The van der Waals surface area contributed by atoms with Gasteiger partial charge in [-0.25, -0.2) is 0 Å². The van der Waals surface area contributed by atoms with E-state index in [0.29, 0.717) is 16.8 Å². The first-order valence-electron chi connectivity index (χ1n) is 8.58. The maximum absolute atomic E-state index is 12.6. The number of likely N-dealkylation sites (N-methyl/N-ethyl adjacent to an activating group) is 1. The minimum Gasteiger partial charge on any atom is -0.337 e. The van der Waals surface area contributed by atoms with Crippen LogP contribution in [0.1, 0.15) is 27.1 Å². The highest BCUT2D eigenvalue weighted by atomic mass is 16.2. The highest BCUT2D eigenvalue weighted by Gasteiger charge is 2.18. The molecule has 0 aromatic heterocycles. The number of carbonyl (C=O) groups is 2. The van der Waals surface area contributed by atoms with Crippen LogP contribution in [0.25, 0.3) is 0 Å². The third-order valence-corrected chi connectivity index (χ3v) is 4.43. The minimum atomic E-state index is -0.157. The first-order valence-corrected chi connectivity index (χ1v) is 8.58. The normalized spacial score (nSPS) is 15.5. The van der Waals surface area contributed by atoms with Gasteiger partial charge in [0.1, 0.15) is 0 Å². The molecule has 1 heterocycles. The molecule has 1 aliphatic rings. The first kappa shape index (κ1) is 17.2. The van der Waals surface area contributed by atoms with Crippen molar-refractivity contribution in [3.8, 4) is 0 Å². The number of anilines is 1. The zero-order valence-electron chi connectivity index (χ0n) is 14.4. The maximum atomic E-state index is 12.6. The summed E-state index contributed by atoms with van der Waals surface area (Å²) in [5.41, 5.74) is 1.94. The van der Waals surface area contributed by atoms with Crippen LogP contribution in [0, 0.1) is 0 Å². The number of hydrogen-bond donors (Lipinski definition) is 1. The summed E-state index contributed by atoms with van der Waals surface area (Å²) in [4.78, 5) is 28.9. The fourth-order valence-corrected chi connectivity index (χ4v) is 2.92. The Balaban J connectivity index is 1.63. The second-order valence-corrected chi connectivity index (χ2v) is 6.35. The molecule has 0 unspecified atom stereocenters. The summed E-state index contributed by atoms with van der Waals surface area (Å²) in [5, 5.41) is 2.85. The average molecular weight is 337 g/mol. The molecule has 0 saturated carbocycles. The van der Waals surface area contributed by atoms with E-state index in [9.17, 15) is 9.59 Å². The van der Waals surface area contributed by atoms with Gasteiger partial charge >= 0.3 is 0 Å². The molecule has 0 atom stereocenters. The molecule has 0 radical (unpaired) electrons. The van der Waals surface area contributed by atoms with E-state index in [1.165, 1.54) is 0 Å². The lowest BCUT2D eigenvalue weighted by Crippen LogP contribution is -2.34. The molecule has 0 bridgehead atoms. The zero-order chi connectivity index (χ0) is 17.6. The van der Waals surface area contributed by atoms with Gasteiger partial charge in [-0.2, -0.15) is 0 Å². The van der Waals surface area contributed by atoms with Crippen LogP contribution in [-0.4, -0.2) is 54.8 Å². The fourth-order valence-electron chi connectivity index (χ4n) is 2.92. The Labute approximate surface area is 148 Å². The largest absolute Gasteiger partial charge is 0.337 e. The number of amides is 2. The Morgan fingerprint density at radius 2 is 1.56 bits per heavy atom. The summed E-state index contributed by atoms with van der Waals surface area (Å²) in [6, 6.07) is 16.2. The number of nitrogens with zero attached hydrogens (tertiary/aromatic N) is 2. The molecule has 5 nitrogen and oxygen atoms in total. The second kappa shape index (κ2) is 7.94. The van der Waals surface area contributed by atoms with Crippen LogP contribution in [0.5, 0.6) is 0 Å². The third kappa shape index (κ3) is 4.45. The molecule has 2 aromatic rings. The lowest BCUT2D eigenvalue weighted by molar-refractivity contribution is 0.0762. The summed E-state index contributed by atoms with van der Waals surface area (Å²) in [7, 11) is 2.08. The van der Waals surface area contributed by atoms with Crippen LogP contribution in [-0.2, 0) is 0 Å². The predicted octanol–water partition coefficient (Wildman–Crippen LogP) is 2.72. The molecule has 1 fully saturated rings. The van der Waals surface area contributed by atoms with Crippen molar-refractivity contribution in [2.45, 2.75) is 6.42 Å². The molecule has 1 saturated heterocycles. The quantitative estimate of drug-likeness (QED) is 0.937. The van der Waals surface area contributed by atoms with Crippen molar-refractivity contribution >= 4 is 17.5 Å². The molecule has 1 N–H and O–H groups in total.